The summed E-state index contributed by atoms with van der Waals surface area (Å²) in [5.41, 5.74) is 4.66. The standard InChI is InChI=1S/C8H9N7O3S/c1-2-14-7(16)12-13-8(14)19-6-4(15(17)18)5(9)10-3-11-6/h3H,2H2,1H3,(H,12,16)(H2,9,10,11). The summed E-state index contributed by atoms with van der Waals surface area (Å²) in [5, 5.41) is 17.3. The molecule has 0 aliphatic rings. The summed E-state index contributed by atoms with van der Waals surface area (Å²) in [4.78, 5) is 29.0. The first-order chi connectivity index (χ1) is 9.04. The number of nitrogen functional groups attached to an aromatic ring is 1. The zero-order valence-corrected chi connectivity index (χ0v) is 10.5. The van der Waals surface area contributed by atoms with Gasteiger partial charge in [0.15, 0.2) is 10.2 Å². The second kappa shape index (κ2) is 5.06. The number of H-pyrrole nitrogens is 1. The summed E-state index contributed by atoms with van der Waals surface area (Å²) in [6.07, 6.45) is 1.12. The third-order valence-corrected chi connectivity index (χ3v) is 3.21. The van der Waals surface area contributed by atoms with Crippen molar-refractivity contribution in [3.63, 3.8) is 0 Å². The number of nitrogens with one attached hydrogen (secondary N) is 1. The van der Waals surface area contributed by atoms with Crippen LogP contribution in [0.5, 0.6) is 0 Å². The van der Waals surface area contributed by atoms with Crippen LogP contribution >= 0.6 is 11.8 Å². The van der Waals surface area contributed by atoms with Crippen molar-refractivity contribution in [2.75, 3.05) is 5.73 Å². The van der Waals surface area contributed by atoms with Crippen LogP contribution in [0.1, 0.15) is 6.92 Å². The fourth-order valence-electron chi connectivity index (χ4n) is 1.37. The van der Waals surface area contributed by atoms with Gasteiger partial charge in [-0.2, -0.15) is 0 Å². The van der Waals surface area contributed by atoms with Crippen LogP contribution in [0.15, 0.2) is 21.3 Å². The lowest BCUT2D eigenvalue weighted by Gasteiger charge is -2.03. The molecule has 0 fully saturated rings. The number of hydrogen-bond donors (Lipinski definition) is 2. The van der Waals surface area contributed by atoms with Gasteiger partial charge in [0.25, 0.3) is 0 Å². The van der Waals surface area contributed by atoms with Crippen molar-refractivity contribution in [2.45, 2.75) is 23.7 Å². The molecule has 2 aromatic rings. The molecule has 2 heterocycles. The Morgan fingerprint density at radius 2 is 2.32 bits per heavy atom. The van der Waals surface area contributed by atoms with Gasteiger partial charge in [-0.25, -0.2) is 19.9 Å². The highest BCUT2D eigenvalue weighted by molar-refractivity contribution is 7.99. The predicted octanol–water partition coefficient (Wildman–Crippen LogP) is 0.0229. The second-order valence-electron chi connectivity index (χ2n) is 3.33. The van der Waals surface area contributed by atoms with E-state index in [0.717, 1.165) is 18.1 Å². The molecule has 100 valence electrons. The Hall–Kier alpha value is -2.43. The van der Waals surface area contributed by atoms with Crippen LogP contribution in [-0.4, -0.2) is 29.7 Å². The van der Waals surface area contributed by atoms with Gasteiger partial charge >= 0.3 is 11.4 Å². The molecule has 0 amide bonds. The lowest BCUT2D eigenvalue weighted by atomic mass is 10.5. The quantitative estimate of drug-likeness (QED) is 0.453. The molecule has 10 nitrogen and oxygen atoms in total. The van der Waals surface area contributed by atoms with Gasteiger partial charge in [0.2, 0.25) is 5.82 Å². The molecule has 0 aliphatic carbocycles. The molecule has 0 atom stereocenters. The first-order valence-corrected chi connectivity index (χ1v) is 5.94. The largest absolute Gasteiger partial charge is 0.378 e. The maximum Gasteiger partial charge on any atom is 0.343 e. The highest BCUT2D eigenvalue weighted by Gasteiger charge is 2.23. The topological polar surface area (TPSA) is 146 Å². The van der Waals surface area contributed by atoms with E-state index in [1.165, 1.54) is 4.57 Å². The first kappa shape index (κ1) is 13.0. The normalized spacial score (nSPS) is 10.6. The van der Waals surface area contributed by atoms with Gasteiger partial charge in [-0.05, 0) is 18.7 Å². The Morgan fingerprint density at radius 3 is 2.95 bits per heavy atom. The number of nitrogens with zero attached hydrogens (tertiary/aromatic N) is 5. The Labute approximate surface area is 110 Å². The molecule has 0 radical (unpaired) electrons. The average molecular weight is 283 g/mol. The molecule has 0 bridgehead atoms. The van der Waals surface area contributed by atoms with Crippen LogP contribution in [0.25, 0.3) is 0 Å². The van der Waals surface area contributed by atoms with E-state index < -0.39 is 16.3 Å². The Balaban J connectivity index is 2.47. The third-order valence-electron chi connectivity index (χ3n) is 2.23. The Morgan fingerprint density at radius 1 is 1.58 bits per heavy atom. The monoisotopic (exact) mass is 283 g/mol. The summed E-state index contributed by atoms with van der Waals surface area (Å²) in [6.45, 7) is 2.13. The summed E-state index contributed by atoms with van der Waals surface area (Å²) < 4.78 is 1.33. The minimum atomic E-state index is -0.668. The highest BCUT2D eigenvalue weighted by atomic mass is 32.2. The second-order valence-corrected chi connectivity index (χ2v) is 4.28. The van der Waals surface area contributed by atoms with Crippen molar-refractivity contribution in [2.24, 2.45) is 0 Å². The van der Waals surface area contributed by atoms with Gasteiger partial charge in [-0.1, -0.05) is 0 Å². The van der Waals surface area contributed by atoms with Crippen LogP contribution in [-0.2, 0) is 6.54 Å². The fraction of sp³-hybridized carbons (Fsp3) is 0.250. The SMILES string of the molecule is CCn1c(Sc2ncnc(N)c2[N+](=O)[O-])n[nH]c1=O. The summed E-state index contributed by atoms with van der Waals surface area (Å²) in [6, 6.07) is 0. The highest BCUT2D eigenvalue weighted by Crippen LogP contribution is 2.33. The maximum absolute atomic E-state index is 11.4. The number of aromatic nitrogens is 5. The molecular formula is C8H9N7O3S. The van der Waals surface area contributed by atoms with Gasteiger partial charge in [-0.15, -0.1) is 5.10 Å². The smallest absolute Gasteiger partial charge is 0.343 e. The number of nitrogens with two attached hydrogens (primary N) is 1. The molecule has 2 aromatic heterocycles. The minimum Gasteiger partial charge on any atom is -0.378 e. The zero-order valence-electron chi connectivity index (χ0n) is 9.73. The fourth-order valence-corrected chi connectivity index (χ4v) is 2.33. The molecule has 0 unspecified atom stereocenters. The summed E-state index contributed by atoms with van der Waals surface area (Å²) in [5.74, 6) is -0.233. The third kappa shape index (κ3) is 2.40. The van der Waals surface area contributed by atoms with Gasteiger partial charge in [0.05, 0.1) is 4.92 Å². The first-order valence-electron chi connectivity index (χ1n) is 5.12. The van der Waals surface area contributed by atoms with Gasteiger partial charge in [-0.3, -0.25) is 14.7 Å². The van der Waals surface area contributed by atoms with E-state index in [0.29, 0.717) is 6.54 Å². The van der Waals surface area contributed by atoms with Gasteiger partial charge in [0.1, 0.15) is 6.33 Å². The van der Waals surface area contributed by atoms with Crippen molar-refractivity contribution < 1.29 is 4.92 Å². The van der Waals surface area contributed by atoms with Gasteiger partial charge in [0, 0.05) is 6.54 Å². The summed E-state index contributed by atoms with van der Waals surface area (Å²) in [7, 11) is 0. The lowest BCUT2D eigenvalue weighted by molar-refractivity contribution is -0.387. The molecule has 0 aliphatic heterocycles. The van der Waals surface area contributed by atoms with Crippen LogP contribution in [0.2, 0.25) is 0 Å². The number of anilines is 1. The van der Waals surface area contributed by atoms with E-state index in [9.17, 15) is 14.9 Å². The number of rotatable bonds is 4. The van der Waals surface area contributed by atoms with E-state index in [1.54, 1.807) is 6.92 Å². The van der Waals surface area contributed by atoms with Crippen molar-refractivity contribution in [1.29, 1.82) is 0 Å². The predicted molar refractivity (Wildman–Crippen MR) is 65.7 cm³/mol. The summed E-state index contributed by atoms with van der Waals surface area (Å²) >= 11 is 0.877. The van der Waals surface area contributed by atoms with Crippen LogP contribution in [0, 0.1) is 10.1 Å². The van der Waals surface area contributed by atoms with E-state index in [-0.39, 0.29) is 16.0 Å². The van der Waals surface area contributed by atoms with Crippen LogP contribution in [0.4, 0.5) is 11.5 Å². The van der Waals surface area contributed by atoms with Gasteiger partial charge < -0.3 is 5.73 Å². The molecule has 0 saturated heterocycles. The number of hydrogen-bond acceptors (Lipinski definition) is 8. The molecule has 0 saturated carbocycles. The molecule has 3 N–H and O–H groups in total. The molecule has 19 heavy (non-hydrogen) atoms. The van der Waals surface area contributed by atoms with Crippen LogP contribution in [0.3, 0.4) is 0 Å². The number of nitro groups is 1. The maximum atomic E-state index is 11.4. The molecule has 11 heteroatoms. The Bertz CT molecular complexity index is 679. The lowest BCUT2D eigenvalue weighted by Crippen LogP contribution is -2.16. The zero-order chi connectivity index (χ0) is 14.0. The van der Waals surface area contributed by atoms with E-state index >= 15 is 0 Å². The molecule has 0 aromatic carbocycles. The van der Waals surface area contributed by atoms with Crippen molar-refractivity contribution >= 4 is 23.3 Å². The van der Waals surface area contributed by atoms with Crippen LogP contribution < -0.4 is 11.4 Å². The molecule has 2 rings (SSSR count). The van der Waals surface area contributed by atoms with Crippen molar-refractivity contribution in [1.82, 2.24) is 24.7 Å². The molecule has 0 spiro atoms. The Kier molecular flexibility index (Phi) is 3.46. The molecular weight excluding hydrogens is 274 g/mol. The number of aromatic amines is 1. The van der Waals surface area contributed by atoms with E-state index in [4.69, 9.17) is 5.73 Å². The van der Waals surface area contributed by atoms with Crippen molar-refractivity contribution in [3.05, 3.63) is 26.9 Å². The van der Waals surface area contributed by atoms with Crippen molar-refractivity contribution in [3.8, 4) is 0 Å². The minimum absolute atomic E-state index is 0.0335. The van der Waals surface area contributed by atoms with E-state index in [1.807, 2.05) is 0 Å². The average Bonchev–Trinajstić information content (AvgIpc) is 2.69. The van der Waals surface area contributed by atoms with E-state index in [2.05, 4.69) is 20.2 Å².